The number of amides is 1. The first kappa shape index (κ1) is 15.2. The van der Waals surface area contributed by atoms with E-state index in [2.05, 4.69) is 15.3 Å². The summed E-state index contributed by atoms with van der Waals surface area (Å²) in [7, 11) is 1.59. The Bertz CT molecular complexity index is 930. The Hall–Kier alpha value is -2.67. The quantitative estimate of drug-likeness (QED) is 0.769. The number of rotatable bonds is 4. The molecule has 1 amide bonds. The highest BCUT2D eigenvalue weighted by atomic mass is 32.1. The van der Waals surface area contributed by atoms with Crippen molar-refractivity contribution >= 4 is 28.1 Å². The number of nitrogens with zero attached hydrogens (tertiary/aromatic N) is 1. The number of thiophene rings is 1. The van der Waals surface area contributed by atoms with E-state index in [0.717, 1.165) is 16.2 Å². The molecule has 118 valence electrons. The van der Waals surface area contributed by atoms with Crippen LogP contribution in [-0.2, 0) is 6.54 Å². The minimum absolute atomic E-state index is 0.0168. The summed E-state index contributed by atoms with van der Waals surface area (Å²) in [4.78, 5) is 31.9. The largest absolute Gasteiger partial charge is 0.497 e. The molecule has 3 aromatic rings. The third-order valence-electron chi connectivity index (χ3n) is 3.45. The van der Waals surface area contributed by atoms with Crippen molar-refractivity contribution in [3.63, 3.8) is 0 Å². The van der Waals surface area contributed by atoms with Crippen LogP contribution in [0.1, 0.15) is 21.1 Å². The number of H-pyrrole nitrogens is 1. The molecular weight excluding hydrogens is 314 g/mol. The molecule has 2 heterocycles. The van der Waals surface area contributed by atoms with Gasteiger partial charge in [0.2, 0.25) is 0 Å². The molecule has 0 aliphatic rings. The fourth-order valence-electron chi connectivity index (χ4n) is 2.28. The number of ether oxygens (including phenoxy) is 1. The Kier molecular flexibility index (Phi) is 4.12. The van der Waals surface area contributed by atoms with E-state index in [1.807, 2.05) is 31.2 Å². The lowest BCUT2D eigenvalue weighted by molar-refractivity contribution is 0.0940. The zero-order valence-electron chi connectivity index (χ0n) is 12.7. The van der Waals surface area contributed by atoms with Crippen LogP contribution in [0.4, 0.5) is 0 Å². The summed E-state index contributed by atoms with van der Waals surface area (Å²) in [5, 5.41) is 5.06. The molecule has 0 saturated carbocycles. The van der Waals surface area contributed by atoms with Crippen molar-refractivity contribution in [2.45, 2.75) is 13.5 Å². The SMILES string of the molecule is COc1cccc(CNC(=O)c2nc3csc(C)c3c(=O)[nH]2)c1. The van der Waals surface area contributed by atoms with Crippen LogP contribution in [-0.4, -0.2) is 23.0 Å². The van der Waals surface area contributed by atoms with Gasteiger partial charge in [0, 0.05) is 16.8 Å². The maximum absolute atomic E-state index is 12.2. The lowest BCUT2D eigenvalue weighted by atomic mass is 10.2. The molecule has 2 aromatic heterocycles. The van der Waals surface area contributed by atoms with Gasteiger partial charge in [-0.1, -0.05) is 12.1 Å². The first-order valence-corrected chi connectivity index (χ1v) is 7.85. The molecule has 0 spiro atoms. The van der Waals surface area contributed by atoms with Crippen LogP contribution in [0.15, 0.2) is 34.4 Å². The summed E-state index contributed by atoms with van der Waals surface area (Å²) < 4.78 is 5.14. The first-order chi connectivity index (χ1) is 11.1. The highest BCUT2D eigenvalue weighted by molar-refractivity contribution is 7.11. The Morgan fingerprint density at radius 1 is 1.43 bits per heavy atom. The van der Waals surface area contributed by atoms with Crippen LogP contribution in [0, 0.1) is 6.92 Å². The smallest absolute Gasteiger partial charge is 0.287 e. The molecule has 2 N–H and O–H groups in total. The zero-order chi connectivity index (χ0) is 16.4. The van der Waals surface area contributed by atoms with E-state index in [0.29, 0.717) is 17.4 Å². The van der Waals surface area contributed by atoms with Crippen LogP contribution in [0.5, 0.6) is 5.75 Å². The number of aromatic amines is 1. The fourth-order valence-corrected chi connectivity index (χ4v) is 3.05. The summed E-state index contributed by atoms with van der Waals surface area (Å²) >= 11 is 1.44. The molecule has 0 unspecified atom stereocenters. The highest BCUT2D eigenvalue weighted by Crippen LogP contribution is 2.19. The second-order valence-electron chi connectivity index (χ2n) is 5.00. The van der Waals surface area contributed by atoms with Gasteiger partial charge in [0.1, 0.15) is 5.75 Å². The van der Waals surface area contributed by atoms with Gasteiger partial charge in [-0.2, -0.15) is 0 Å². The van der Waals surface area contributed by atoms with Gasteiger partial charge >= 0.3 is 0 Å². The summed E-state index contributed by atoms with van der Waals surface area (Å²) in [5.74, 6) is 0.317. The van der Waals surface area contributed by atoms with E-state index in [-0.39, 0.29) is 11.4 Å². The molecule has 0 aliphatic carbocycles. The van der Waals surface area contributed by atoms with E-state index >= 15 is 0 Å². The molecular formula is C16H15N3O3S. The van der Waals surface area contributed by atoms with Crippen LogP contribution in [0.2, 0.25) is 0 Å². The Balaban J connectivity index is 1.79. The minimum atomic E-state index is -0.421. The van der Waals surface area contributed by atoms with Crippen LogP contribution < -0.4 is 15.6 Å². The Labute approximate surface area is 136 Å². The number of aromatic nitrogens is 2. The number of carbonyl (C=O) groups excluding carboxylic acids is 1. The van der Waals surface area contributed by atoms with Crippen LogP contribution in [0.25, 0.3) is 10.9 Å². The molecule has 0 fully saturated rings. The zero-order valence-corrected chi connectivity index (χ0v) is 13.5. The standard InChI is InChI=1S/C16H15N3O3S/c1-9-13-12(8-23-9)18-14(19-15(13)20)16(21)17-7-10-4-3-5-11(6-10)22-2/h3-6,8H,7H2,1-2H3,(H,17,21)(H,18,19,20). The van der Waals surface area contributed by atoms with Crippen molar-refractivity contribution in [2.24, 2.45) is 0 Å². The third kappa shape index (κ3) is 3.09. The number of nitrogens with one attached hydrogen (secondary N) is 2. The number of aryl methyl sites for hydroxylation is 1. The summed E-state index contributed by atoms with van der Waals surface area (Å²) in [6.45, 7) is 2.17. The molecule has 0 radical (unpaired) electrons. The lowest BCUT2D eigenvalue weighted by Gasteiger charge is -2.06. The third-order valence-corrected chi connectivity index (χ3v) is 4.35. The number of carbonyl (C=O) groups is 1. The molecule has 7 heteroatoms. The number of benzene rings is 1. The van der Waals surface area contributed by atoms with Crippen molar-refractivity contribution in [2.75, 3.05) is 7.11 Å². The highest BCUT2D eigenvalue weighted by Gasteiger charge is 2.13. The van der Waals surface area contributed by atoms with Crippen molar-refractivity contribution in [3.05, 3.63) is 56.3 Å². The second kappa shape index (κ2) is 6.21. The summed E-state index contributed by atoms with van der Waals surface area (Å²) in [6, 6.07) is 7.39. The molecule has 0 saturated heterocycles. The Morgan fingerprint density at radius 3 is 3.04 bits per heavy atom. The molecule has 0 atom stereocenters. The molecule has 6 nitrogen and oxygen atoms in total. The average Bonchev–Trinajstić information content (AvgIpc) is 2.94. The van der Waals surface area contributed by atoms with Crippen LogP contribution in [0.3, 0.4) is 0 Å². The minimum Gasteiger partial charge on any atom is -0.497 e. The van der Waals surface area contributed by atoms with Crippen LogP contribution >= 0.6 is 11.3 Å². The normalized spacial score (nSPS) is 10.7. The van der Waals surface area contributed by atoms with Crippen molar-refractivity contribution in [1.82, 2.24) is 15.3 Å². The number of hydrogen-bond acceptors (Lipinski definition) is 5. The van der Waals surface area contributed by atoms with Gasteiger partial charge in [-0.15, -0.1) is 11.3 Å². The van der Waals surface area contributed by atoms with Gasteiger partial charge in [0.05, 0.1) is 18.0 Å². The number of fused-ring (bicyclic) bond motifs is 1. The maximum atomic E-state index is 12.2. The van der Waals surface area contributed by atoms with Gasteiger partial charge in [-0.25, -0.2) is 4.98 Å². The van der Waals surface area contributed by atoms with Gasteiger partial charge in [0.15, 0.2) is 5.82 Å². The number of methoxy groups -OCH3 is 1. The van der Waals surface area contributed by atoms with E-state index in [9.17, 15) is 9.59 Å². The van der Waals surface area contributed by atoms with E-state index in [4.69, 9.17) is 4.74 Å². The van der Waals surface area contributed by atoms with E-state index in [1.54, 1.807) is 12.5 Å². The van der Waals surface area contributed by atoms with Crippen molar-refractivity contribution in [1.29, 1.82) is 0 Å². The maximum Gasteiger partial charge on any atom is 0.287 e. The Morgan fingerprint density at radius 2 is 2.26 bits per heavy atom. The van der Waals surface area contributed by atoms with E-state index < -0.39 is 5.91 Å². The topological polar surface area (TPSA) is 84.1 Å². The first-order valence-electron chi connectivity index (χ1n) is 6.97. The molecule has 0 bridgehead atoms. The predicted octanol–water partition coefficient (Wildman–Crippen LogP) is 2.23. The average molecular weight is 329 g/mol. The fraction of sp³-hybridized carbons (Fsp3) is 0.188. The van der Waals surface area contributed by atoms with Crippen molar-refractivity contribution in [3.8, 4) is 5.75 Å². The van der Waals surface area contributed by atoms with Gasteiger partial charge in [-0.3, -0.25) is 9.59 Å². The molecule has 3 rings (SSSR count). The monoisotopic (exact) mass is 329 g/mol. The van der Waals surface area contributed by atoms with E-state index in [1.165, 1.54) is 11.3 Å². The second-order valence-corrected chi connectivity index (χ2v) is 6.08. The molecule has 0 aliphatic heterocycles. The summed E-state index contributed by atoms with van der Waals surface area (Å²) in [6.07, 6.45) is 0. The van der Waals surface area contributed by atoms with Crippen molar-refractivity contribution < 1.29 is 9.53 Å². The van der Waals surface area contributed by atoms with Gasteiger partial charge < -0.3 is 15.0 Å². The molecule has 1 aromatic carbocycles. The summed E-state index contributed by atoms with van der Waals surface area (Å²) in [5.41, 5.74) is 1.15. The predicted molar refractivity (Wildman–Crippen MR) is 89.1 cm³/mol. The van der Waals surface area contributed by atoms with Gasteiger partial charge in [0.25, 0.3) is 11.5 Å². The number of hydrogen-bond donors (Lipinski definition) is 2. The lowest BCUT2D eigenvalue weighted by Crippen LogP contribution is -2.27. The van der Waals surface area contributed by atoms with Gasteiger partial charge in [-0.05, 0) is 24.6 Å². The molecule has 23 heavy (non-hydrogen) atoms.